The van der Waals surface area contributed by atoms with Crippen LogP contribution in [0.25, 0.3) is 0 Å². The van der Waals surface area contributed by atoms with Gasteiger partial charge in [-0.3, -0.25) is 4.79 Å². The normalized spacial score (nSPS) is 46.0. The summed E-state index contributed by atoms with van der Waals surface area (Å²) in [5, 5.41) is 21.3. The summed E-state index contributed by atoms with van der Waals surface area (Å²) in [6.07, 6.45) is 8.27. The molecule has 0 radical (unpaired) electrons. The first-order chi connectivity index (χ1) is 13.3. The van der Waals surface area contributed by atoms with Crippen molar-refractivity contribution in [2.24, 2.45) is 28.6 Å². The second kappa shape index (κ2) is 7.80. The highest BCUT2D eigenvalue weighted by atomic mass is 17.2. The van der Waals surface area contributed by atoms with Gasteiger partial charge in [0.15, 0.2) is 0 Å². The quantitative estimate of drug-likeness (QED) is 0.598. The van der Waals surface area contributed by atoms with E-state index < -0.39 is 29.2 Å². The summed E-state index contributed by atoms with van der Waals surface area (Å²) in [5.74, 6) is -0.604. The average molecular weight is 411 g/mol. The maximum Gasteiger partial charge on any atom is 0.308 e. The molecule has 3 aliphatic rings. The molecule has 3 fully saturated rings. The lowest BCUT2D eigenvalue weighted by Gasteiger charge is -2.63. The van der Waals surface area contributed by atoms with Gasteiger partial charge in [0, 0.05) is 0 Å². The summed E-state index contributed by atoms with van der Waals surface area (Å²) < 4.78 is 0. The summed E-state index contributed by atoms with van der Waals surface area (Å²) in [4.78, 5) is 22.6. The molecule has 0 spiro atoms. The summed E-state index contributed by atoms with van der Waals surface area (Å²) in [7, 11) is 0. The third-order valence-electron chi connectivity index (χ3n) is 9.31. The molecule has 0 aromatic rings. The number of hydrogen-bond acceptors (Lipinski definition) is 4. The van der Waals surface area contributed by atoms with Crippen LogP contribution in [0.5, 0.6) is 0 Å². The Kier molecular flexibility index (Phi) is 6.19. The molecule has 29 heavy (non-hydrogen) atoms. The zero-order valence-corrected chi connectivity index (χ0v) is 19.3. The highest BCUT2D eigenvalue weighted by Gasteiger charge is 2.61. The Balaban J connectivity index is 1.71. The molecule has 1 saturated heterocycles. The van der Waals surface area contributed by atoms with Crippen molar-refractivity contribution in [3.63, 3.8) is 0 Å². The van der Waals surface area contributed by atoms with E-state index in [1.165, 1.54) is 12.8 Å². The van der Waals surface area contributed by atoms with Crippen LogP contribution in [-0.4, -0.2) is 33.5 Å². The van der Waals surface area contributed by atoms with Crippen molar-refractivity contribution in [2.45, 2.75) is 117 Å². The average Bonchev–Trinajstić information content (AvgIpc) is 2.64. The Morgan fingerprint density at radius 2 is 1.76 bits per heavy atom. The van der Waals surface area contributed by atoms with Crippen LogP contribution >= 0.6 is 0 Å². The predicted molar refractivity (Wildman–Crippen MR) is 112 cm³/mol. The summed E-state index contributed by atoms with van der Waals surface area (Å²) >= 11 is 0. The molecule has 1 heterocycles. The van der Waals surface area contributed by atoms with Gasteiger partial charge in [-0.2, -0.15) is 0 Å². The van der Waals surface area contributed by atoms with Gasteiger partial charge < -0.3 is 10.2 Å². The van der Waals surface area contributed by atoms with Crippen LogP contribution in [0.1, 0.15) is 99.3 Å². The van der Waals surface area contributed by atoms with Crippen molar-refractivity contribution >= 4 is 5.97 Å². The van der Waals surface area contributed by atoms with E-state index in [2.05, 4.69) is 34.6 Å². The molecule has 2 aliphatic carbocycles. The Labute approximate surface area is 176 Å². The minimum Gasteiger partial charge on any atom is -0.481 e. The second-order valence-electron chi connectivity index (χ2n) is 11.5. The topological polar surface area (TPSA) is 76.0 Å². The Morgan fingerprint density at radius 3 is 2.34 bits per heavy atom. The van der Waals surface area contributed by atoms with Crippen molar-refractivity contribution in [1.82, 2.24) is 0 Å². The third-order valence-corrected chi connectivity index (χ3v) is 9.31. The van der Waals surface area contributed by atoms with Crippen molar-refractivity contribution in [1.29, 1.82) is 0 Å². The first-order valence-electron chi connectivity index (χ1n) is 11.6. The van der Waals surface area contributed by atoms with Crippen molar-refractivity contribution < 1.29 is 24.8 Å². The Morgan fingerprint density at radius 1 is 1.07 bits per heavy atom. The highest BCUT2D eigenvalue weighted by molar-refractivity contribution is 5.70. The SMILES string of the molecule is C[C@H](C(=O)O)[C@@H]1CC[C@@](C)(CC[C@]2(C)[C@H](C)CC[C@H]3C(C)(C)CCC[C@]32O)OO1. The number of carbonyl (C=O) groups is 1. The summed E-state index contributed by atoms with van der Waals surface area (Å²) in [5.41, 5.74) is -1.02. The lowest BCUT2D eigenvalue weighted by atomic mass is 9.45. The Bertz CT molecular complexity index is 608. The molecule has 2 N–H and O–H groups in total. The van der Waals surface area contributed by atoms with E-state index >= 15 is 0 Å². The molecule has 168 valence electrons. The number of fused-ring (bicyclic) bond motifs is 1. The standard InChI is InChI=1S/C24H42O5/c1-16-8-9-19-21(3,4)11-7-12-24(19,27)23(16,6)15-14-22(5)13-10-18(28-29-22)17(2)20(25)26/h16-19,27H,7-15H2,1-6H3,(H,25,26)/t16-,17+,18+,19+,22+,23-,24+/m1/s1. The first kappa shape index (κ1) is 23.0. The van der Waals surface area contributed by atoms with Crippen LogP contribution < -0.4 is 0 Å². The molecular formula is C24H42O5. The van der Waals surface area contributed by atoms with Crippen LogP contribution in [0.3, 0.4) is 0 Å². The molecule has 0 unspecified atom stereocenters. The smallest absolute Gasteiger partial charge is 0.308 e. The molecule has 5 heteroatoms. The fourth-order valence-electron chi connectivity index (χ4n) is 6.64. The zero-order valence-electron chi connectivity index (χ0n) is 19.3. The first-order valence-corrected chi connectivity index (χ1v) is 11.6. The van der Waals surface area contributed by atoms with Crippen LogP contribution in [0.15, 0.2) is 0 Å². The van der Waals surface area contributed by atoms with Crippen molar-refractivity contribution in [2.75, 3.05) is 0 Å². The molecule has 7 atom stereocenters. The summed E-state index contributed by atoms with van der Waals surface area (Å²) in [6, 6.07) is 0. The zero-order chi connectivity index (χ0) is 21.7. The van der Waals surface area contributed by atoms with E-state index in [-0.39, 0.29) is 10.8 Å². The van der Waals surface area contributed by atoms with Gasteiger partial charge in [-0.25, -0.2) is 9.78 Å². The number of carboxylic acids is 1. The van der Waals surface area contributed by atoms with Crippen LogP contribution in [-0.2, 0) is 14.6 Å². The number of carboxylic acid groups (broad SMARTS) is 1. The number of hydrogen-bond donors (Lipinski definition) is 2. The second-order valence-corrected chi connectivity index (χ2v) is 11.5. The van der Waals surface area contributed by atoms with E-state index in [1.54, 1.807) is 6.92 Å². The van der Waals surface area contributed by atoms with Crippen LogP contribution in [0.4, 0.5) is 0 Å². The molecule has 5 nitrogen and oxygen atoms in total. The van der Waals surface area contributed by atoms with E-state index in [4.69, 9.17) is 9.78 Å². The van der Waals surface area contributed by atoms with Gasteiger partial charge in [-0.05, 0) is 87.9 Å². The van der Waals surface area contributed by atoms with E-state index in [1.807, 2.05) is 0 Å². The lowest BCUT2D eigenvalue weighted by Crippen LogP contribution is -2.63. The number of aliphatic carboxylic acids is 1. The molecule has 2 saturated carbocycles. The van der Waals surface area contributed by atoms with Crippen molar-refractivity contribution in [3.05, 3.63) is 0 Å². The lowest BCUT2D eigenvalue weighted by molar-refractivity contribution is -0.412. The van der Waals surface area contributed by atoms with Gasteiger partial charge in [0.2, 0.25) is 0 Å². The fraction of sp³-hybridized carbons (Fsp3) is 0.958. The highest BCUT2D eigenvalue weighted by Crippen LogP contribution is 2.63. The molecule has 0 bridgehead atoms. The molecule has 0 aromatic heterocycles. The van der Waals surface area contributed by atoms with Crippen LogP contribution in [0, 0.1) is 28.6 Å². The minimum atomic E-state index is -0.848. The van der Waals surface area contributed by atoms with E-state index in [9.17, 15) is 15.0 Å². The molecule has 0 amide bonds. The molecular weight excluding hydrogens is 368 g/mol. The van der Waals surface area contributed by atoms with Gasteiger partial charge in [-0.15, -0.1) is 0 Å². The van der Waals surface area contributed by atoms with Crippen LogP contribution in [0.2, 0.25) is 0 Å². The molecule has 1 aliphatic heterocycles. The van der Waals surface area contributed by atoms with Gasteiger partial charge in [0.1, 0.15) is 11.7 Å². The maximum absolute atomic E-state index is 12.1. The maximum atomic E-state index is 12.1. The molecule has 0 aromatic carbocycles. The van der Waals surface area contributed by atoms with E-state index in [0.717, 1.165) is 38.5 Å². The number of aliphatic hydroxyl groups is 1. The van der Waals surface area contributed by atoms with Gasteiger partial charge in [-0.1, -0.05) is 34.1 Å². The van der Waals surface area contributed by atoms with Crippen molar-refractivity contribution in [3.8, 4) is 0 Å². The number of rotatable bonds is 5. The predicted octanol–water partition coefficient (Wildman–Crippen LogP) is 5.35. The van der Waals surface area contributed by atoms with Gasteiger partial charge in [0.05, 0.1) is 11.5 Å². The Hall–Kier alpha value is -0.650. The minimum absolute atomic E-state index is 0.148. The third kappa shape index (κ3) is 3.99. The monoisotopic (exact) mass is 410 g/mol. The van der Waals surface area contributed by atoms with Gasteiger partial charge >= 0.3 is 5.97 Å². The van der Waals surface area contributed by atoms with E-state index in [0.29, 0.717) is 18.3 Å². The summed E-state index contributed by atoms with van der Waals surface area (Å²) in [6.45, 7) is 13.0. The fourth-order valence-corrected chi connectivity index (χ4v) is 6.64. The van der Waals surface area contributed by atoms with Gasteiger partial charge in [0.25, 0.3) is 0 Å². The largest absolute Gasteiger partial charge is 0.481 e. The molecule has 3 rings (SSSR count).